The van der Waals surface area contributed by atoms with Gasteiger partial charge in [0.15, 0.2) is 0 Å². The molecule has 0 aliphatic carbocycles. The molecule has 0 amide bonds. The number of aromatic nitrogens is 2. The zero-order chi connectivity index (χ0) is 13.2. The summed E-state index contributed by atoms with van der Waals surface area (Å²) in [6, 6.07) is 6.86. The summed E-state index contributed by atoms with van der Waals surface area (Å²) in [4.78, 5) is 9.94. The second-order valence-corrected chi connectivity index (χ2v) is 5.23. The van der Waals surface area contributed by atoms with E-state index < -0.39 is 0 Å². The van der Waals surface area contributed by atoms with Gasteiger partial charge in [0, 0.05) is 11.7 Å². The highest BCUT2D eigenvalue weighted by Gasteiger charge is 2.20. The fraction of sp³-hybridized carbons (Fsp3) is 0.500. The van der Waals surface area contributed by atoms with Crippen LogP contribution in [0.3, 0.4) is 0 Å². The van der Waals surface area contributed by atoms with Crippen LogP contribution in [0.5, 0.6) is 6.01 Å². The van der Waals surface area contributed by atoms with E-state index in [4.69, 9.17) is 10.5 Å². The minimum atomic E-state index is 0.584. The minimum Gasteiger partial charge on any atom is -0.465 e. The van der Waals surface area contributed by atoms with E-state index >= 15 is 0 Å². The Labute approximate surface area is 112 Å². The molecular formula is C14H20N4O. The third kappa shape index (κ3) is 2.66. The van der Waals surface area contributed by atoms with Crippen molar-refractivity contribution in [2.75, 3.05) is 25.9 Å². The average molecular weight is 260 g/mol. The third-order valence-electron chi connectivity index (χ3n) is 3.85. The van der Waals surface area contributed by atoms with Gasteiger partial charge < -0.3 is 20.4 Å². The van der Waals surface area contributed by atoms with Gasteiger partial charge in [-0.15, -0.1) is 0 Å². The first-order chi connectivity index (χ1) is 9.22. The molecule has 19 heavy (non-hydrogen) atoms. The number of ether oxygens (including phenoxy) is 1. The Morgan fingerprint density at radius 1 is 1.53 bits per heavy atom. The maximum absolute atomic E-state index is 5.74. The number of fused-ring (bicyclic) bond motifs is 1. The van der Waals surface area contributed by atoms with E-state index in [-0.39, 0.29) is 0 Å². The molecule has 0 spiro atoms. The van der Waals surface area contributed by atoms with Gasteiger partial charge in [0.05, 0.1) is 17.6 Å². The highest BCUT2D eigenvalue weighted by molar-refractivity contribution is 5.79. The van der Waals surface area contributed by atoms with Gasteiger partial charge in [-0.05, 0) is 51.1 Å². The van der Waals surface area contributed by atoms with Gasteiger partial charge in [0.1, 0.15) is 0 Å². The number of likely N-dealkylation sites (tertiary alicyclic amines) is 1. The number of nitrogen functional groups attached to an aromatic ring is 1. The van der Waals surface area contributed by atoms with Gasteiger partial charge in [-0.3, -0.25) is 0 Å². The van der Waals surface area contributed by atoms with Crippen LogP contribution in [0.25, 0.3) is 11.0 Å². The Bertz CT molecular complexity index is 566. The smallest absolute Gasteiger partial charge is 0.294 e. The van der Waals surface area contributed by atoms with Crippen LogP contribution in [-0.2, 0) is 0 Å². The number of nitrogens with zero attached hydrogens (tertiary/aromatic N) is 2. The number of nitrogens with two attached hydrogens (primary N) is 1. The molecule has 5 nitrogen and oxygen atoms in total. The molecule has 1 aromatic heterocycles. The predicted octanol–water partition coefficient (Wildman–Crippen LogP) is 2.01. The molecule has 5 heteroatoms. The summed E-state index contributed by atoms with van der Waals surface area (Å²) in [5.41, 5.74) is 8.28. The maximum atomic E-state index is 5.74. The Balaban J connectivity index is 1.59. The third-order valence-corrected chi connectivity index (χ3v) is 3.85. The van der Waals surface area contributed by atoms with E-state index in [1.165, 1.54) is 19.4 Å². The van der Waals surface area contributed by atoms with E-state index in [0.29, 0.717) is 18.7 Å². The Kier molecular flexibility index (Phi) is 3.29. The molecule has 1 aliphatic rings. The fourth-order valence-electron chi connectivity index (χ4n) is 2.71. The molecule has 2 heterocycles. The maximum Gasteiger partial charge on any atom is 0.294 e. The zero-order valence-electron chi connectivity index (χ0n) is 11.2. The van der Waals surface area contributed by atoms with E-state index in [2.05, 4.69) is 21.9 Å². The number of imidazole rings is 1. The van der Waals surface area contributed by atoms with Crippen molar-refractivity contribution in [1.82, 2.24) is 14.9 Å². The summed E-state index contributed by atoms with van der Waals surface area (Å²) in [5, 5.41) is 0. The van der Waals surface area contributed by atoms with Crippen LogP contribution in [0, 0.1) is 0 Å². The van der Waals surface area contributed by atoms with Crippen molar-refractivity contribution in [1.29, 1.82) is 0 Å². The number of hydrogen-bond donors (Lipinski definition) is 2. The lowest BCUT2D eigenvalue weighted by Crippen LogP contribution is -2.26. The second kappa shape index (κ2) is 5.09. The fourth-order valence-corrected chi connectivity index (χ4v) is 2.71. The highest BCUT2D eigenvalue weighted by Crippen LogP contribution is 2.20. The molecule has 1 saturated heterocycles. The number of hydrogen-bond acceptors (Lipinski definition) is 4. The van der Waals surface area contributed by atoms with Crippen LogP contribution >= 0.6 is 0 Å². The summed E-state index contributed by atoms with van der Waals surface area (Å²) in [5.74, 6) is 0. The van der Waals surface area contributed by atoms with Crippen molar-refractivity contribution in [3.63, 3.8) is 0 Å². The van der Waals surface area contributed by atoms with E-state index in [1.54, 1.807) is 0 Å². The van der Waals surface area contributed by atoms with Crippen molar-refractivity contribution in [3.05, 3.63) is 18.2 Å². The van der Waals surface area contributed by atoms with Crippen molar-refractivity contribution in [3.8, 4) is 6.01 Å². The lowest BCUT2D eigenvalue weighted by Gasteiger charge is -2.18. The quantitative estimate of drug-likeness (QED) is 0.825. The molecule has 102 valence electrons. The van der Waals surface area contributed by atoms with Gasteiger partial charge in [0.2, 0.25) is 0 Å². The van der Waals surface area contributed by atoms with Crippen molar-refractivity contribution in [2.45, 2.75) is 25.3 Å². The molecule has 3 rings (SSSR count). The van der Waals surface area contributed by atoms with Crippen LogP contribution in [-0.4, -0.2) is 41.1 Å². The number of rotatable bonds is 4. The Morgan fingerprint density at radius 3 is 3.21 bits per heavy atom. The normalized spacial score (nSPS) is 20.2. The van der Waals surface area contributed by atoms with Crippen LogP contribution < -0.4 is 10.5 Å². The van der Waals surface area contributed by atoms with Gasteiger partial charge in [0.25, 0.3) is 6.01 Å². The zero-order valence-corrected chi connectivity index (χ0v) is 11.2. The number of anilines is 1. The summed E-state index contributed by atoms with van der Waals surface area (Å²) in [6.07, 6.45) is 3.62. The molecule has 1 atom stereocenters. The van der Waals surface area contributed by atoms with Crippen molar-refractivity contribution < 1.29 is 4.74 Å². The summed E-state index contributed by atoms with van der Waals surface area (Å²) >= 11 is 0. The average Bonchev–Trinajstić information content (AvgIpc) is 2.95. The lowest BCUT2D eigenvalue weighted by atomic mass is 10.2. The molecule has 0 saturated carbocycles. The van der Waals surface area contributed by atoms with Gasteiger partial charge >= 0.3 is 0 Å². The molecule has 1 unspecified atom stereocenters. The topological polar surface area (TPSA) is 67.2 Å². The molecule has 2 aromatic rings. The van der Waals surface area contributed by atoms with Gasteiger partial charge in [-0.25, -0.2) is 0 Å². The molecule has 1 aromatic carbocycles. The molecule has 3 N–H and O–H groups in total. The molecule has 0 radical (unpaired) electrons. The van der Waals surface area contributed by atoms with Gasteiger partial charge in [-0.1, -0.05) is 0 Å². The van der Waals surface area contributed by atoms with E-state index in [1.807, 2.05) is 18.2 Å². The molecular weight excluding hydrogens is 240 g/mol. The molecule has 1 aliphatic heterocycles. The largest absolute Gasteiger partial charge is 0.465 e. The summed E-state index contributed by atoms with van der Waals surface area (Å²) < 4.78 is 5.71. The van der Waals surface area contributed by atoms with Crippen molar-refractivity contribution in [2.24, 2.45) is 0 Å². The lowest BCUT2D eigenvalue weighted by molar-refractivity contribution is 0.225. The van der Waals surface area contributed by atoms with E-state index in [0.717, 1.165) is 23.1 Å². The number of H-pyrrole nitrogens is 1. The monoisotopic (exact) mass is 260 g/mol. The van der Waals surface area contributed by atoms with Crippen molar-refractivity contribution >= 4 is 16.7 Å². The standard InChI is InChI=1S/C14H20N4O/c1-18-7-2-3-11(18)6-8-19-14-16-12-5-4-10(15)9-13(12)17-14/h4-5,9,11H,2-3,6-8,15H2,1H3,(H,16,17). The first-order valence-corrected chi connectivity index (χ1v) is 6.80. The summed E-state index contributed by atoms with van der Waals surface area (Å²) in [6.45, 7) is 1.90. The van der Waals surface area contributed by atoms with Gasteiger partial charge in [-0.2, -0.15) is 4.98 Å². The Hall–Kier alpha value is -1.75. The number of aromatic amines is 1. The SMILES string of the molecule is CN1CCCC1CCOc1nc2ccc(N)cc2[nH]1. The van der Waals surface area contributed by atoms with Crippen LogP contribution in [0.1, 0.15) is 19.3 Å². The molecule has 1 fully saturated rings. The first-order valence-electron chi connectivity index (χ1n) is 6.80. The predicted molar refractivity (Wildman–Crippen MR) is 76.3 cm³/mol. The highest BCUT2D eigenvalue weighted by atomic mass is 16.5. The number of nitrogens with one attached hydrogen (secondary N) is 1. The van der Waals surface area contributed by atoms with E-state index in [9.17, 15) is 0 Å². The van der Waals surface area contributed by atoms with Crippen LogP contribution in [0.4, 0.5) is 5.69 Å². The van der Waals surface area contributed by atoms with Crippen LogP contribution in [0.15, 0.2) is 18.2 Å². The summed E-state index contributed by atoms with van der Waals surface area (Å²) in [7, 11) is 2.18. The minimum absolute atomic E-state index is 0.584. The number of benzene rings is 1. The Morgan fingerprint density at radius 2 is 2.42 bits per heavy atom. The second-order valence-electron chi connectivity index (χ2n) is 5.23. The first kappa shape index (κ1) is 12.3. The van der Waals surface area contributed by atoms with Crippen LogP contribution in [0.2, 0.25) is 0 Å². The molecule has 0 bridgehead atoms.